The predicted octanol–water partition coefficient (Wildman–Crippen LogP) is 0.689. The summed E-state index contributed by atoms with van der Waals surface area (Å²) < 4.78 is 14.8. The van der Waals surface area contributed by atoms with Crippen molar-refractivity contribution in [3.05, 3.63) is 58.7 Å². The SMILES string of the molecule is O=C(NCCn1cncn1)c1cc(=O)[nH]c2cc(F)ccc12. The summed E-state index contributed by atoms with van der Waals surface area (Å²) in [5.41, 5.74) is 0.0331. The number of carbonyl (C=O) groups excluding carboxylic acids is 1. The molecule has 0 aliphatic rings. The summed E-state index contributed by atoms with van der Waals surface area (Å²) in [5, 5.41) is 7.10. The van der Waals surface area contributed by atoms with Crippen LogP contribution in [0.3, 0.4) is 0 Å². The Bertz CT molecular complexity index is 873. The molecule has 0 saturated carbocycles. The topological polar surface area (TPSA) is 92.7 Å². The van der Waals surface area contributed by atoms with E-state index in [-0.39, 0.29) is 11.1 Å². The first kappa shape index (κ1) is 13.9. The fourth-order valence-electron chi connectivity index (χ4n) is 2.15. The van der Waals surface area contributed by atoms with Crippen LogP contribution in [0, 0.1) is 5.82 Å². The number of pyridine rings is 1. The van der Waals surface area contributed by atoms with Gasteiger partial charge in [0.2, 0.25) is 5.56 Å². The van der Waals surface area contributed by atoms with Gasteiger partial charge in [0.1, 0.15) is 18.5 Å². The van der Waals surface area contributed by atoms with Gasteiger partial charge in [0, 0.05) is 18.0 Å². The fraction of sp³-hybridized carbons (Fsp3) is 0.143. The first-order chi connectivity index (χ1) is 10.6. The Morgan fingerprint density at radius 3 is 3.00 bits per heavy atom. The molecule has 0 saturated heterocycles. The molecule has 0 aliphatic carbocycles. The maximum atomic E-state index is 13.2. The smallest absolute Gasteiger partial charge is 0.252 e. The second kappa shape index (κ2) is 5.76. The molecule has 3 aromatic rings. The summed E-state index contributed by atoms with van der Waals surface area (Å²) in [6.07, 6.45) is 2.94. The number of benzene rings is 1. The highest BCUT2D eigenvalue weighted by Gasteiger charge is 2.12. The maximum absolute atomic E-state index is 13.2. The lowest BCUT2D eigenvalue weighted by Crippen LogP contribution is -2.28. The monoisotopic (exact) mass is 301 g/mol. The molecule has 0 atom stereocenters. The highest BCUT2D eigenvalue weighted by Crippen LogP contribution is 2.16. The molecule has 0 aliphatic heterocycles. The van der Waals surface area contributed by atoms with Crippen molar-refractivity contribution >= 4 is 16.8 Å². The third-order valence-corrected chi connectivity index (χ3v) is 3.14. The van der Waals surface area contributed by atoms with E-state index in [1.54, 1.807) is 4.68 Å². The van der Waals surface area contributed by atoms with Crippen molar-refractivity contribution in [2.24, 2.45) is 0 Å². The van der Waals surface area contributed by atoms with Crippen LogP contribution >= 0.6 is 0 Å². The zero-order valence-electron chi connectivity index (χ0n) is 11.4. The zero-order valence-corrected chi connectivity index (χ0v) is 11.4. The Kier molecular flexibility index (Phi) is 3.65. The number of halogens is 1. The zero-order chi connectivity index (χ0) is 15.5. The van der Waals surface area contributed by atoms with Gasteiger partial charge >= 0.3 is 0 Å². The van der Waals surface area contributed by atoms with Gasteiger partial charge < -0.3 is 10.3 Å². The highest BCUT2D eigenvalue weighted by atomic mass is 19.1. The van der Waals surface area contributed by atoms with E-state index in [2.05, 4.69) is 20.4 Å². The quantitative estimate of drug-likeness (QED) is 0.741. The molecular formula is C14H12FN5O2. The minimum Gasteiger partial charge on any atom is -0.350 e. The average molecular weight is 301 g/mol. The normalized spacial score (nSPS) is 10.8. The molecule has 1 aromatic carbocycles. The van der Waals surface area contributed by atoms with Crippen molar-refractivity contribution < 1.29 is 9.18 Å². The molecule has 2 heterocycles. The van der Waals surface area contributed by atoms with Crippen LogP contribution in [0.1, 0.15) is 10.4 Å². The van der Waals surface area contributed by atoms with Crippen LogP contribution in [-0.4, -0.2) is 32.2 Å². The van der Waals surface area contributed by atoms with Gasteiger partial charge in [0.15, 0.2) is 0 Å². The number of aromatic nitrogens is 4. The standard InChI is InChI=1S/C14H12FN5O2/c15-9-1-2-10-11(6-13(21)19-12(10)5-9)14(22)17-3-4-20-8-16-7-18-20/h1-2,5-8H,3-4H2,(H,17,22)(H,19,21). The van der Waals surface area contributed by atoms with Crippen LogP contribution in [0.5, 0.6) is 0 Å². The van der Waals surface area contributed by atoms with Crippen LogP contribution < -0.4 is 10.9 Å². The number of nitrogens with one attached hydrogen (secondary N) is 2. The van der Waals surface area contributed by atoms with E-state index < -0.39 is 17.3 Å². The van der Waals surface area contributed by atoms with Crippen LogP contribution in [0.4, 0.5) is 4.39 Å². The minimum atomic E-state index is -0.480. The second-order valence-corrected chi connectivity index (χ2v) is 4.65. The molecule has 1 amide bonds. The molecule has 2 aromatic heterocycles. The van der Waals surface area contributed by atoms with Gasteiger partial charge in [0.05, 0.1) is 17.6 Å². The lowest BCUT2D eigenvalue weighted by Gasteiger charge is -2.08. The van der Waals surface area contributed by atoms with Gasteiger partial charge in [-0.1, -0.05) is 0 Å². The molecule has 8 heteroatoms. The fourth-order valence-corrected chi connectivity index (χ4v) is 2.15. The maximum Gasteiger partial charge on any atom is 0.252 e. The highest BCUT2D eigenvalue weighted by molar-refractivity contribution is 6.05. The molecule has 2 N–H and O–H groups in total. The Morgan fingerprint density at radius 2 is 2.23 bits per heavy atom. The van der Waals surface area contributed by atoms with E-state index in [1.165, 1.54) is 36.9 Å². The number of nitrogens with zero attached hydrogens (tertiary/aromatic N) is 3. The van der Waals surface area contributed by atoms with Gasteiger partial charge in [0.25, 0.3) is 5.91 Å². The molecule has 22 heavy (non-hydrogen) atoms. The van der Waals surface area contributed by atoms with E-state index in [0.29, 0.717) is 18.5 Å². The van der Waals surface area contributed by atoms with Crippen molar-refractivity contribution in [1.29, 1.82) is 0 Å². The summed E-state index contributed by atoms with van der Waals surface area (Å²) >= 11 is 0. The van der Waals surface area contributed by atoms with Gasteiger partial charge in [-0.15, -0.1) is 0 Å². The summed E-state index contributed by atoms with van der Waals surface area (Å²) in [6, 6.07) is 5.09. The molecule has 0 fully saturated rings. The number of hydrogen-bond acceptors (Lipinski definition) is 4. The number of fused-ring (bicyclic) bond motifs is 1. The van der Waals surface area contributed by atoms with Crippen LogP contribution in [0.2, 0.25) is 0 Å². The van der Waals surface area contributed by atoms with Crippen molar-refractivity contribution in [2.45, 2.75) is 6.54 Å². The van der Waals surface area contributed by atoms with Crippen molar-refractivity contribution in [3.8, 4) is 0 Å². The summed E-state index contributed by atoms with van der Waals surface area (Å²) in [6.45, 7) is 0.791. The van der Waals surface area contributed by atoms with Gasteiger partial charge in [-0.05, 0) is 18.2 Å². The van der Waals surface area contributed by atoms with E-state index in [4.69, 9.17) is 0 Å². The Labute approximate surface area is 123 Å². The summed E-state index contributed by atoms with van der Waals surface area (Å²) in [7, 11) is 0. The summed E-state index contributed by atoms with van der Waals surface area (Å²) in [5.74, 6) is -0.880. The number of aromatic amines is 1. The molecular weight excluding hydrogens is 289 g/mol. The van der Waals surface area contributed by atoms with Crippen molar-refractivity contribution in [3.63, 3.8) is 0 Å². The first-order valence-electron chi connectivity index (χ1n) is 6.57. The van der Waals surface area contributed by atoms with Gasteiger partial charge in [-0.3, -0.25) is 14.3 Å². The lowest BCUT2D eigenvalue weighted by molar-refractivity contribution is 0.0953. The van der Waals surface area contributed by atoms with E-state index in [1.807, 2.05) is 0 Å². The van der Waals surface area contributed by atoms with Crippen LogP contribution in [0.25, 0.3) is 10.9 Å². The van der Waals surface area contributed by atoms with E-state index in [9.17, 15) is 14.0 Å². The first-order valence-corrected chi connectivity index (χ1v) is 6.57. The number of carbonyl (C=O) groups is 1. The molecule has 112 valence electrons. The number of hydrogen-bond donors (Lipinski definition) is 2. The Hall–Kier alpha value is -3.03. The Balaban J connectivity index is 1.82. The van der Waals surface area contributed by atoms with Gasteiger partial charge in [-0.25, -0.2) is 9.37 Å². The largest absolute Gasteiger partial charge is 0.350 e. The van der Waals surface area contributed by atoms with E-state index in [0.717, 1.165) is 0 Å². The minimum absolute atomic E-state index is 0.206. The number of amides is 1. The molecule has 0 unspecified atom stereocenters. The lowest BCUT2D eigenvalue weighted by atomic mass is 10.1. The number of rotatable bonds is 4. The molecule has 3 rings (SSSR count). The molecule has 0 radical (unpaired) electrons. The average Bonchev–Trinajstić information content (AvgIpc) is 2.99. The summed E-state index contributed by atoms with van der Waals surface area (Å²) in [4.78, 5) is 30.1. The number of H-pyrrole nitrogens is 1. The van der Waals surface area contributed by atoms with Crippen molar-refractivity contribution in [2.75, 3.05) is 6.54 Å². The Morgan fingerprint density at radius 1 is 1.36 bits per heavy atom. The van der Waals surface area contributed by atoms with E-state index >= 15 is 0 Å². The third kappa shape index (κ3) is 2.85. The van der Waals surface area contributed by atoms with Crippen LogP contribution in [0.15, 0.2) is 41.7 Å². The molecule has 0 spiro atoms. The van der Waals surface area contributed by atoms with Crippen LogP contribution in [-0.2, 0) is 6.54 Å². The molecule has 7 nitrogen and oxygen atoms in total. The van der Waals surface area contributed by atoms with Gasteiger partial charge in [-0.2, -0.15) is 5.10 Å². The van der Waals surface area contributed by atoms with Crippen molar-refractivity contribution in [1.82, 2.24) is 25.1 Å². The molecule has 0 bridgehead atoms. The third-order valence-electron chi connectivity index (χ3n) is 3.14. The predicted molar refractivity (Wildman–Crippen MR) is 76.9 cm³/mol. The second-order valence-electron chi connectivity index (χ2n) is 4.65.